The molecule has 9 heteroatoms. The summed E-state index contributed by atoms with van der Waals surface area (Å²) in [6.07, 6.45) is -3.84. The Hall–Kier alpha value is -3.23. The first-order valence-electron chi connectivity index (χ1n) is 10.1. The van der Waals surface area contributed by atoms with Crippen LogP contribution in [0, 0.1) is 0 Å². The highest BCUT2D eigenvalue weighted by Crippen LogP contribution is 2.39. The van der Waals surface area contributed by atoms with Crippen molar-refractivity contribution in [2.45, 2.75) is 37.9 Å². The van der Waals surface area contributed by atoms with Crippen molar-refractivity contribution in [3.05, 3.63) is 58.7 Å². The van der Waals surface area contributed by atoms with E-state index in [0.717, 1.165) is 17.7 Å². The highest BCUT2D eigenvalue weighted by molar-refractivity contribution is 5.79. The zero-order chi connectivity index (χ0) is 23.5. The molecule has 1 aliphatic heterocycles. The van der Waals surface area contributed by atoms with Crippen LogP contribution >= 0.6 is 0 Å². The number of hydrogen-bond donors (Lipinski definition) is 1. The fraction of sp³-hybridized carbons (Fsp3) is 0.391. The number of alkyl halides is 3. The Morgan fingerprint density at radius 3 is 2.28 bits per heavy atom. The highest BCUT2D eigenvalue weighted by atomic mass is 19.4. The molecule has 0 saturated carbocycles. The van der Waals surface area contributed by atoms with Crippen LogP contribution in [-0.2, 0) is 28.6 Å². The Morgan fingerprint density at radius 1 is 1.09 bits per heavy atom. The maximum absolute atomic E-state index is 13.0. The standard InChI is InChI=1S/C23H24F3NO5/c1-31-19-11-15-9-10-27(18(13-22(29)30)17(15)12-20(19)32-2)21(28)8-5-14-3-6-16(7-4-14)23(24,25)26/h3-4,6-7,11-12,18H,5,8-10,13H2,1-2H3,(H,29,30). The fourth-order valence-corrected chi connectivity index (χ4v) is 3.97. The van der Waals surface area contributed by atoms with Crippen molar-refractivity contribution < 1.29 is 37.3 Å². The first-order chi connectivity index (χ1) is 15.1. The van der Waals surface area contributed by atoms with Crippen molar-refractivity contribution in [3.63, 3.8) is 0 Å². The molecule has 0 radical (unpaired) electrons. The summed E-state index contributed by atoms with van der Waals surface area (Å²) in [6, 6.07) is 7.52. The molecule has 2 aromatic carbocycles. The first kappa shape index (κ1) is 23.4. The van der Waals surface area contributed by atoms with E-state index in [1.54, 1.807) is 12.1 Å². The summed E-state index contributed by atoms with van der Waals surface area (Å²) in [7, 11) is 2.99. The summed E-state index contributed by atoms with van der Waals surface area (Å²) >= 11 is 0. The minimum atomic E-state index is -4.41. The largest absolute Gasteiger partial charge is 0.493 e. The minimum Gasteiger partial charge on any atom is -0.493 e. The molecule has 0 aromatic heterocycles. The predicted molar refractivity (Wildman–Crippen MR) is 110 cm³/mol. The van der Waals surface area contributed by atoms with Crippen molar-refractivity contribution in [2.75, 3.05) is 20.8 Å². The smallest absolute Gasteiger partial charge is 0.416 e. The molecule has 0 saturated heterocycles. The number of methoxy groups -OCH3 is 2. The molecule has 0 bridgehead atoms. The number of halogens is 3. The van der Waals surface area contributed by atoms with E-state index < -0.39 is 23.8 Å². The molecule has 6 nitrogen and oxygen atoms in total. The number of hydrogen-bond acceptors (Lipinski definition) is 4. The van der Waals surface area contributed by atoms with Gasteiger partial charge in [0.2, 0.25) is 5.91 Å². The second kappa shape index (κ2) is 9.50. The number of aryl methyl sites for hydroxylation is 1. The van der Waals surface area contributed by atoms with Crippen LogP contribution in [0.3, 0.4) is 0 Å². The van der Waals surface area contributed by atoms with Crippen molar-refractivity contribution in [2.24, 2.45) is 0 Å². The number of carboxylic acids is 1. The minimum absolute atomic E-state index is 0.0596. The van der Waals surface area contributed by atoms with Crippen LogP contribution < -0.4 is 9.47 Å². The Kier molecular flexibility index (Phi) is 6.96. The van der Waals surface area contributed by atoms with Crippen LogP contribution in [0.4, 0.5) is 13.2 Å². The maximum atomic E-state index is 13.0. The molecule has 0 fully saturated rings. The van der Waals surface area contributed by atoms with Crippen LogP contribution in [0.25, 0.3) is 0 Å². The zero-order valence-corrected chi connectivity index (χ0v) is 17.7. The lowest BCUT2D eigenvalue weighted by Gasteiger charge is -2.37. The van der Waals surface area contributed by atoms with Gasteiger partial charge in [-0.2, -0.15) is 13.2 Å². The van der Waals surface area contributed by atoms with Crippen molar-refractivity contribution >= 4 is 11.9 Å². The van der Waals surface area contributed by atoms with Gasteiger partial charge in [0.05, 0.1) is 32.2 Å². The molecule has 2 aromatic rings. The second-order valence-electron chi connectivity index (χ2n) is 7.55. The quantitative estimate of drug-likeness (QED) is 0.681. The number of fused-ring (bicyclic) bond motifs is 1. The molecule has 0 spiro atoms. The molecule has 1 unspecified atom stereocenters. The molecule has 1 heterocycles. The van der Waals surface area contributed by atoms with Gasteiger partial charge in [-0.1, -0.05) is 12.1 Å². The third kappa shape index (κ3) is 5.15. The van der Waals surface area contributed by atoms with E-state index in [0.29, 0.717) is 35.6 Å². The van der Waals surface area contributed by atoms with Gasteiger partial charge < -0.3 is 19.5 Å². The molecule has 0 aliphatic carbocycles. The van der Waals surface area contributed by atoms with Crippen molar-refractivity contribution in [3.8, 4) is 11.5 Å². The van der Waals surface area contributed by atoms with Gasteiger partial charge in [0.1, 0.15) is 0 Å². The van der Waals surface area contributed by atoms with Crippen LogP contribution in [0.1, 0.15) is 41.1 Å². The Balaban J connectivity index is 1.79. The number of rotatable bonds is 7. The van der Waals surface area contributed by atoms with E-state index in [1.807, 2.05) is 0 Å². The molecular formula is C23H24F3NO5. The summed E-state index contributed by atoms with van der Waals surface area (Å²) in [4.78, 5) is 26.0. The summed E-state index contributed by atoms with van der Waals surface area (Å²) in [5.41, 5.74) is 1.44. The summed E-state index contributed by atoms with van der Waals surface area (Å²) in [5, 5.41) is 9.43. The second-order valence-corrected chi connectivity index (χ2v) is 7.55. The Morgan fingerprint density at radius 2 is 1.72 bits per heavy atom. The molecule has 1 aliphatic rings. The molecule has 1 amide bonds. The molecule has 172 valence electrons. The number of amides is 1. The van der Waals surface area contributed by atoms with Gasteiger partial charge in [-0.3, -0.25) is 9.59 Å². The van der Waals surface area contributed by atoms with Crippen molar-refractivity contribution in [1.82, 2.24) is 4.90 Å². The SMILES string of the molecule is COc1cc2c(cc1OC)C(CC(=O)O)N(C(=O)CCc1ccc(C(F)(F)F)cc1)CC2. The van der Waals surface area contributed by atoms with Gasteiger partial charge in [0.25, 0.3) is 0 Å². The van der Waals surface area contributed by atoms with E-state index in [-0.39, 0.29) is 25.2 Å². The lowest BCUT2D eigenvalue weighted by molar-refractivity contribution is -0.141. The lowest BCUT2D eigenvalue weighted by atomic mass is 9.89. The van der Waals surface area contributed by atoms with E-state index in [1.165, 1.54) is 31.3 Å². The maximum Gasteiger partial charge on any atom is 0.416 e. The van der Waals surface area contributed by atoms with Gasteiger partial charge in [-0.25, -0.2) is 0 Å². The summed E-state index contributed by atoms with van der Waals surface area (Å²) < 4.78 is 48.8. The van der Waals surface area contributed by atoms with E-state index in [9.17, 15) is 27.9 Å². The third-order valence-electron chi connectivity index (χ3n) is 5.60. The van der Waals surface area contributed by atoms with E-state index in [2.05, 4.69) is 0 Å². The summed E-state index contributed by atoms with van der Waals surface area (Å²) in [5.74, 6) is -0.321. The number of benzene rings is 2. The van der Waals surface area contributed by atoms with E-state index >= 15 is 0 Å². The van der Waals surface area contributed by atoms with Crippen molar-refractivity contribution in [1.29, 1.82) is 0 Å². The van der Waals surface area contributed by atoms with Crippen LogP contribution in [0.15, 0.2) is 36.4 Å². The number of nitrogens with zero attached hydrogens (tertiary/aromatic N) is 1. The number of aliphatic carboxylic acids is 1. The Labute approximate surface area is 183 Å². The third-order valence-corrected chi connectivity index (χ3v) is 5.60. The molecule has 1 N–H and O–H groups in total. The average molecular weight is 451 g/mol. The van der Waals surface area contributed by atoms with Crippen LogP contribution in [-0.4, -0.2) is 42.6 Å². The van der Waals surface area contributed by atoms with Gasteiger partial charge in [-0.05, 0) is 53.8 Å². The first-order valence-corrected chi connectivity index (χ1v) is 10.1. The van der Waals surface area contributed by atoms with Gasteiger partial charge in [-0.15, -0.1) is 0 Å². The highest BCUT2D eigenvalue weighted by Gasteiger charge is 2.33. The number of ether oxygens (including phenoxy) is 2. The topological polar surface area (TPSA) is 76.1 Å². The monoisotopic (exact) mass is 451 g/mol. The number of carbonyl (C=O) groups excluding carboxylic acids is 1. The van der Waals surface area contributed by atoms with E-state index in [4.69, 9.17) is 9.47 Å². The predicted octanol–water partition coefficient (Wildman–Crippen LogP) is 4.26. The van der Waals surface area contributed by atoms with Crippen LogP contribution in [0.5, 0.6) is 11.5 Å². The van der Waals surface area contributed by atoms with Gasteiger partial charge >= 0.3 is 12.1 Å². The molecule has 32 heavy (non-hydrogen) atoms. The normalized spacial score (nSPS) is 15.8. The molecular weight excluding hydrogens is 427 g/mol. The average Bonchev–Trinajstić information content (AvgIpc) is 2.76. The Bertz CT molecular complexity index is 988. The lowest BCUT2D eigenvalue weighted by Crippen LogP contribution is -2.41. The van der Waals surface area contributed by atoms with Crippen LogP contribution in [0.2, 0.25) is 0 Å². The van der Waals surface area contributed by atoms with Gasteiger partial charge in [0, 0.05) is 13.0 Å². The number of carbonyl (C=O) groups is 2. The molecule has 3 rings (SSSR count). The fourth-order valence-electron chi connectivity index (χ4n) is 3.97. The zero-order valence-electron chi connectivity index (χ0n) is 17.7. The van der Waals surface area contributed by atoms with Gasteiger partial charge in [0.15, 0.2) is 11.5 Å². The summed E-state index contributed by atoms with van der Waals surface area (Å²) in [6.45, 7) is 0.340. The molecule has 1 atom stereocenters. The number of carboxylic acid groups (broad SMARTS) is 1.